The number of thiazole rings is 1. The van der Waals surface area contributed by atoms with Gasteiger partial charge in [-0.05, 0) is 49.9 Å². The normalized spacial score (nSPS) is 22.9. The smallest absolute Gasteiger partial charge is 0.123 e. The zero-order chi connectivity index (χ0) is 15.5. The Kier molecular flexibility index (Phi) is 4.86. The van der Waals surface area contributed by atoms with Gasteiger partial charge in [0.25, 0.3) is 0 Å². The van der Waals surface area contributed by atoms with Gasteiger partial charge in [0.1, 0.15) is 5.82 Å². The van der Waals surface area contributed by atoms with E-state index in [1.165, 1.54) is 17.0 Å². The fourth-order valence-electron chi connectivity index (χ4n) is 3.03. The lowest BCUT2D eigenvalue weighted by Crippen LogP contribution is -2.44. The third-order valence-corrected chi connectivity index (χ3v) is 5.35. The second-order valence-electron chi connectivity index (χ2n) is 6.04. The summed E-state index contributed by atoms with van der Waals surface area (Å²) in [7, 11) is 0. The van der Waals surface area contributed by atoms with Crippen molar-refractivity contribution in [3.63, 3.8) is 0 Å². The standard InChI is InChI=1S/C17H21FN2OS/c1-12-17(22-11-19-12)10-20-7-6-14(16(21)9-20)8-13-2-4-15(18)5-3-13/h2-5,11,14,16,21H,6-10H2,1H3/t14-,16+/m1/s1. The van der Waals surface area contributed by atoms with Crippen LogP contribution in [0.3, 0.4) is 0 Å². The van der Waals surface area contributed by atoms with Crippen LogP contribution in [0.2, 0.25) is 0 Å². The molecule has 2 aromatic rings. The molecule has 2 heterocycles. The van der Waals surface area contributed by atoms with E-state index in [4.69, 9.17) is 0 Å². The SMILES string of the molecule is Cc1ncsc1CN1CC[C@H](Cc2ccc(F)cc2)[C@@H](O)C1. The highest BCUT2D eigenvalue weighted by molar-refractivity contribution is 7.09. The first-order chi connectivity index (χ1) is 10.6. The third kappa shape index (κ3) is 3.72. The Morgan fingerprint density at radius 1 is 1.36 bits per heavy atom. The number of aliphatic hydroxyl groups is 1. The summed E-state index contributed by atoms with van der Waals surface area (Å²) < 4.78 is 12.9. The average Bonchev–Trinajstić information content (AvgIpc) is 2.89. The van der Waals surface area contributed by atoms with Crippen LogP contribution in [0, 0.1) is 18.7 Å². The Bertz CT molecular complexity index is 613. The van der Waals surface area contributed by atoms with Gasteiger partial charge in [0, 0.05) is 18.0 Å². The van der Waals surface area contributed by atoms with Gasteiger partial charge in [-0.2, -0.15) is 0 Å². The molecule has 1 aromatic carbocycles. The highest BCUT2D eigenvalue weighted by atomic mass is 32.1. The van der Waals surface area contributed by atoms with Crippen LogP contribution in [-0.2, 0) is 13.0 Å². The minimum atomic E-state index is -0.327. The molecule has 1 aliphatic heterocycles. The molecular formula is C17H21FN2OS. The van der Waals surface area contributed by atoms with E-state index in [-0.39, 0.29) is 17.8 Å². The first-order valence-corrected chi connectivity index (χ1v) is 8.53. The van der Waals surface area contributed by atoms with Crippen molar-refractivity contribution in [2.75, 3.05) is 13.1 Å². The topological polar surface area (TPSA) is 36.4 Å². The van der Waals surface area contributed by atoms with Crippen molar-refractivity contribution in [1.82, 2.24) is 9.88 Å². The van der Waals surface area contributed by atoms with E-state index in [0.29, 0.717) is 6.54 Å². The molecule has 1 N–H and O–H groups in total. The number of aryl methyl sites for hydroxylation is 1. The third-order valence-electron chi connectivity index (χ3n) is 4.43. The molecule has 0 bridgehead atoms. The summed E-state index contributed by atoms with van der Waals surface area (Å²) in [5, 5.41) is 10.4. The van der Waals surface area contributed by atoms with E-state index in [0.717, 1.165) is 37.2 Å². The first kappa shape index (κ1) is 15.6. The largest absolute Gasteiger partial charge is 0.391 e. The molecular weight excluding hydrogens is 299 g/mol. The second kappa shape index (κ2) is 6.86. The van der Waals surface area contributed by atoms with Crippen molar-refractivity contribution in [3.05, 3.63) is 51.7 Å². The van der Waals surface area contributed by atoms with Crippen molar-refractivity contribution in [3.8, 4) is 0 Å². The van der Waals surface area contributed by atoms with E-state index < -0.39 is 0 Å². The minimum absolute atomic E-state index is 0.209. The van der Waals surface area contributed by atoms with Gasteiger partial charge >= 0.3 is 0 Å². The summed E-state index contributed by atoms with van der Waals surface area (Å²) in [6.45, 7) is 4.59. The van der Waals surface area contributed by atoms with Crippen molar-refractivity contribution in [1.29, 1.82) is 0 Å². The van der Waals surface area contributed by atoms with Crippen molar-refractivity contribution < 1.29 is 9.50 Å². The maximum Gasteiger partial charge on any atom is 0.123 e. The molecule has 0 amide bonds. The van der Waals surface area contributed by atoms with Crippen molar-refractivity contribution in [2.45, 2.75) is 32.4 Å². The first-order valence-electron chi connectivity index (χ1n) is 7.65. The number of halogens is 1. The Balaban J connectivity index is 1.55. The predicted molar refractivity (Wildman–Crippen MR) is 86.3 cm³/mol. The molecule has 1 aromatic heterocycles. The lowest BCUT2D eigenvalue weighted by Gasteiger charge is -2.36. The summed E-state index contributed by atoms with van der Waals surface area (Å²) in [5.74, 6) is 0.0447. The number of nitrogens with zero attached hydrogens (tertiary/aromatic N) is 2. The van der Waals surface area contributed by atoms with Gasteiger partial charge < -0.3 is 5.11 Å². The molecule has 22 heavy (non-hydrogen) atoms. The van der Waals surface area contributed by atoms with Gasteiger partial charge in [-0.1, -0.05) is 12.1 Å². The van der Waals surface area contributed by atoms with E-state index in [1.807, 2.05) is 24.6 Å². The molecule has 1 saturated heterocycles. The van der Waals surface area contributed by atoms with E-state index in [2.05, 4.69) is 9.88 Å². The van der Waals surface area contributed by atoms with Crippen LogP contribution in [0.4, 0.5) is 4.39 Å². The Morgan fingerprint density at radius 2 is 2.14 bits per heavy atom. The van der Waals surface area contributed by atoms with Crippen molar-refractivity contribution >= 4 is 11.3 Å². The number of benzene rings is 1. The maximum atomic E-state index is 12.9. The van der Waals surface area contributed by atoms with E-state index in [1.54, 1.807) is 11.3 Å². The summed E-state index contributed by atoms with van der Waals surface area (Å²) in [5.41, 5.74) is 4.06. The highest BCUT2D eigenvalue weighted by Gasteiger charge is 2.28. The van der Waals surface area contributed by atoms with Crippen LogP contribution in [0.15, 0.2) is 29.8 Å². The van der Waals surface area contributed by atoms with Gasteiger partial charge in [-0.3, -0.25) is 4.90 Å². The number of aromatic nitrogens is 1. The number of β-amino-alcohol motifs (C(OH)–C–C–N with tert-alkyl or cyclic N) is 1. The van der Waals surface area contributed by atoms with Gasteiger partial charge in [0.2, 0.25) is 0 Å². The molecule has 3 nitrogen and oxygen atoms in total. The zero-order valence-electron chi connectivity index (χ0n) is 12.7. The minimum Gasteiger partial charge on any atom is -0.391 e. The molecule has 0 unspecified atom stereocenters. The molecule has 1 fully saturated rings. The molecule has 2 atom stereocenters. The summed E-state index contributed by atoms with van der Waals surface area (Å²) in [6.07, 6.45) is 1.46. The molecule has 1 aliphatic rings. The van der Waals surface area contributed by atoms with Crippen LogP contribution in [-0.4, -0.2) is 34.2 Å². The highest BCUT2D eigenvalue weighted by Crippen LogP contribution is 2.25. The summed E-state index contributed by atoms with van der Waals surface area (Å²) >= 11 is 1.68. The van der Waals surface area contributed by atoms with Gasteiger partial charge in [-0.15, -0.1) is 11.3 Å². The van der Waals surface area contributed by atoms with Crippen molar-refractivity contribution in [2.24, 2.45) is 5.92 Å². The van der Waals surface area contributed by atoms with Gasteiger partial charge in [0.05, 0.1) is 17.3 Å². The van der Waals surface area contributed by atoms with Crippen LogP contribution >= 0.6 is 11.3 Å². The Hall–Kier alpha value is -1.30. The lowest BCUT2D eigenvalue weighted by atomic mass is 9.88. The number of rotatable bonds is 4. The van der Waals surface area contributed by atoms with Crippen LogP contribution in [0.25, 0.3) is 0 Å². The predicted octanol–water partition coefficient (Wildman–Crippen LogP) is 3.02. The molecule has 3 rings (SSSR count). The van der Waals surface area contributed by atoms with E-state index in [9.17, 15) is 9.50 Å². The van der Waals surface area contributed by atoms with Crippen LogP contribution in [0.1, 0.15) is 22.6 Å². The fourth-order valence-corrected chi connectivity index (χ4v) is 3.85. The monoisotopic (exact) mass is 320 g/mol. The molecule has 0 radical (unpaired) electrons. The molecule has 118 valence electrons. The average molecular weight is 320 g/mol. The van der Waals surface area contributed by atoms with E-state index >= 15 is 0 Å². The van der Waals surface area contributed by atoms with Crippen LogP contribution < -0.4 is 0 Å². The number of piperidine rings is 1. The van der Waals surface area contributed by atoms with Gasteiger partial charge in [0.15, 0.2) is 0 Å². The number of hydrogen-bond acceptors (Lipinski definition) is 4. The molecule has 0 aliphatic carbocycles. The second-order valence-corrected chi connectivity index (χ2v) is 6.98. The maximum absolute atomic E-state index is 12.9. The Morgan fingerprint density at radius 3 is 2.77 bits per heavy atom. The Labute approximate surface area is 134 Å². The zero-order valence-corrected chi connectivity index (χ0v) is 13.5. The number of hydrogen-bond donors (Lipinski definition) is 1. The molecule has 5 heteroatoms. The quantitative estimate of drug-likeness (QED) is 0.941. The van der Waals surface area contributed by atoms with Gasteiger partial charge in [-0.25, -0.2) is 9.37 Å². The lowest BCUT2D eigenvalue weighted by molar-refractivity contribution is 0.0190. The summed E-state index contributed by atoms with van der Waals surface area (Å²) in [6, 6.07) is 6.61. The molecule has 0 saturated carbocycles. The van der Waals surface area contributed by atoms with Crippen LogP contribution in [0.5, 0.6) is 0 Å². The summed E-state index contributed by atoms with van der Waals surface area (Å²) in [4.78, 5) is 7.86. The molecule has 0 spiro atoms. The number of likely N-dealkylation sites (tertiary alicyclic amines) is 1. The fraction of sp³-hybridized carbons (Fsp3) is 0.471. The number of aliphatic hydroxyl groups excluding tert-OH is 1.